The molecule has 0 aliphatic heterocycles. The average Bonchev–Trinajstić information content (AvgIpc) is 2.50. The minimum atomic E-state index is 0.627. The zero-order chi connectivity index (χ0) is 7.94. The van der Waals surface area contributed by atoms with Gasteiger partial charge in [-0.2, -0.15) is 0 Å². The first kappa shape index (κ1) is 7.84. The Morgan fingerprint density at radius 2 is 2.36 bits per heavy atom. The Morgan fingerprint density at radius 3 is 3.00 bits per heavy atom. The lowest BCUT2D eigenvalue weighted by molar-refractivity contribution is -0.107. The summed E-state index contributed by atoms with van der Waals surface area (Å²) < 4.78 is 1.66. The number of carbonyl (C=O) groups excluding carboxylic acids is 1. The molecule has 0 aliphatic carbocycles. The highest BCUT2D eigenvalue weighted by Crippen LogP contribution is 1.94. The van der Waals surface area contributed by atoms with Crippen molar-refractivity contribution in [2.75, 3.05) is 0 Å². The number of hydrogen-bond donors (Lipinski definition) is 0. The molecule has 0 N–H and O–H groups in total. The van der Waals surface area contributed by atoms with E-state index in [1.165, 1.54) is 0 Å². The van der Waals surface area contributed by atoms with Gasteiger partial charge >= 0.3 is 0 Å². The fraction of sp³-hybridized carbons (Fsp3) is 0.667. The van der Waals surface area contributed by atoms with E-state index in [0.717, 1.165) is 25.7 Å². The van der Waals surface area contributed by atoms with Crippen LogP contribution in [0.2, 0.25) is 0 Å². The van der Waals surface area contributed by atoms with E-state index in [9.17, 15) is 4.79 Å². The molecule has 5 nitrogen and oxygen atoms in total. The van der Waals surface area contributed by atoms with Crippen LogP contribution in [0.3, 0.4) is 0 Å². The molecule has 0 aromatic carbocycles. The summed E-state index contributed by atoms with van der Waals surface area (Å²) in [6.45, 7) is 0.792. The SMILES string of the molecule is O=CCCCCn1cnnn1. The van der Waals surface area contributed by atoms with E-state index in [-0.39, 0.29) is 0 Å². The number of hydrogen-bond acceptors (Lipinski definition) is 4. The minimum absolute atomic E-state index is 0.627. The summed E-state index contributed by atoms with van der Waals surface area (Å²) in [7, 11) is 0. The fourth-order valence-electron chi connectivity index (χ4n) is 0.784. The molecule has 1 rings (SSSR count). The first-order valence-corrected chi connectivity index (χ1v) is 3.58. The predicted molar refractivity (Wildman–Crippen MR) is 37.7 cm³/mol. The Balaban J connectivity index is 2.09. The first-order chi connectivity index (χ1) is 5.43. The van der Waals surface area contributed by atoms with E-state index in [4.69, 9.17) is 0 Å². The van der Waals surface area contributed by atoms with Gasteiger partial charge in [-0.05, 0) is 23.3 Å². The zero-order valence-electron chi connectivity index (χ0n) is 6.18. The Morgan fingerprint density at radius 1 is 1.45 bits per heavy atom. The van der Waals surface area contributed by atoms with Gasteiger partial charge < -0.3 is 4.79 Å². The molecule has 0 amide bonds. The highest BCUT2D eigenvalue weighted by Gasteiger charge is 1.91. The van der Waals surface area contributed by atoms with Crippen molar-refractivity contribution in [3.05, 3.63) is 6.33 Å². The third-order valence-corrected chi connectivity index (χ3v) is 1.35. The smallest absolute Gasteiger partial charge is 0.138 e. The number of aryl methyl sites for hydroxylation is 1. The molecular weight excluding hydrogens is 144 g/mol. The number of aldehydes is 1. The predicted octanol–water partition coefficient (Wildman–Crippen LogP) is 0.0423. The second kappa shape index (κ2) is 4.54. The largest absolute Gasteiger partial charge is 0.303 e. The maximum absolute atomic E-state index is 9.92. The maximum atomic E-state index is 9.92. The Hall–Kier alpha value is -1.26. The summed E-state index contributed by atoms with van der Waals surface area (Å²) in [6, 6.07) is 0. The van der Waals surface area contributed by atoms with Crippen LogP contribution in [0.1, 0.15) is 19.3 Å². The van der Waals surface area contributed by atoms with E-state index < -0.39 is 0 Å². The second-order valence-corrected chi connectivity index (χ2v) is 2.24. The first-order valence-electron chi connectivity index (χ1n) is 3.58. The van der Waals surface area contributed by atoms with Crippen molar-refractivity contribution in [1.82, 2.24) is 20.2 Å². The molecule has 0 atom stereocenters. The average molecular weight is 154 g/mol. The molecule has 60 valence electrons. The molecule has 0 bridgehead atoms. The summed E-state index contributed by atoms with van der Waals surface area (Å²) in [5, 5.41) is 10.6. The molecule has 1 aromatic rings. The molecule has 0 saturated carbocycles. The molecule has 0 fully saturated rings. The van der Waals surface area contributed by atoms with Crippen molar-refractivity contribution in [2.24, 2.45) is 0 Å². The lowest BCUT2D eigenvalue weighted by atomic mass is 10.2. The van der Waals surface area contributed by atoms with Crippen LogP contribution in [0.25, 0.3) is 0 Å². The van der Waals surface area contributed by atoms with Crippen molar-refractivity contribution in [2.45, 2.75) is 25.8 Å². The molecule has 5 heteroatoms. The van der Waals surface area contributed by atoms with E-state index >= 15 is 0 Å². The third-order valence-electron chi connectivity index (χ3n) is 1.35. The quantitative estimate of drug-likeness (QED) is 0.444. The van der Waals surface area contributed by atoms with Crippen molar-refractivity contribution in [1.29, 1.82) is 0 Å². The van der Waals surface area contributed by atoms with Gasteiger partial charge in [0.15, 0.2) is 0 Å². The van der Waals surface area contributed by atoms with Gasteiger partial charge in [-0.15, -0.1) is 5.10 Å². The summed E-state index contributed by atoms with van der Waals surface area (Å²) in [5.41, 5.74) is 0. The molecular formula is C6H10N4O. The van der Waals surface area contributed by atoms with Gasteiger partial charge in [0.25, 0.3) is 0 Å². The van der Waals surface area contributed by atoms with Crippen LogP contribution in [0.4, 0.5) is 0 Å². The minimum Gasteiger partial charge on any atom is -0.303 e. The monoisotopic (exact) mass is 154 g/mol. The van der Waals surface area contributed by atoms with Gasteiger partial charge in [-0.3, -0.25) is 0 Å². The highest BCUT2D eigenvalue weighted by atomic mass is 16.1. The van der Waals surface area contributed by atoms with Crippen molar-refractivity contribution >= 4 is 6.29 Å². The fourth-order valence-corrected chi connectivity index (χ4v) is 0.784. The van der Waals surface area contributed by atoms with Gasteiger partial charge in [0, 0.05) is 13.0 Å². The normalized spacial score (nSPS) is 9.82. The van der Waals surface area contributed by atoms with Crippen LogP contribution in [0.15, 0.2) is 6.33 Å². The number of tetrazole rings is 1. The van der Waals surface area contributed by atoms with Crippen molar-refractivity contribution in [3.63, 3.8) is 0 Å². The van der Waals surface area contributed by atoms with Gasteiger partial charge in [-0.1, -0.05) is 0 Å². The number of unbranched alkanes of at least 4 members (excludes halogenated alkanes) is 2. The molecule has 0 radical (unpaired) electrons. The summed E-state index contributed by atoms with van der Waals surface area (Å²) in [6.07, 6.45) is 4.98. The van der Waals surface area contributed by atoms with E-state index in [2.05, 4.69) is 15.5 Å². The highest BCUT2D eigenvalue weighted by molar-refractivity contribution is 5.48. The summed E-state index contributed by atoms with van der Waals surface area (Å²) >= 11 is 0. The van der Waals surface area contributed by atoms with Crippen molar-refractivity contribution < 1.29 is 4.79 Å². The standard InChI is InChI=1S/C6H10N4O/c11-5-3-1-2-4-10-6-7-8-9-10/h5-6H,1-4H2. The topological polar surface area (TPSA) is 60.7 Å². The lowest BCUT2D eigenvalue weighted by Gasteiger charge is -1.95. The van der Waals surface area contributed by atoms with Crippen LogP contribution in [0, 0.1) is 0 Å². The van der Waals surface area contributed by atoms with Gasteiger partial charge in [0.2, 0.25) is 0 Å². The molecule has 0 unspecified atom stereocenters. The number of nitrogens with zero attached hydrogens (tertiary/aromatic N) is 4. The van der Waals surface area contributed by atoms with Gasteiger partial charge in [0.1, 0.15) is 12.6 Å². The Kier molecular flexibility index (Phi) is 3.24. The van der Waals surface area contributed by atoms with Crippen LogP contribution in [-0.4, -0.2) is 26.5 Å². The van der Waals surface area contributed by atoms with Gasteiger partial charge in [0.05, 0.1) is 0 Å². The van der Waals surface area contributed by atoms with Crippen LogP contribution >= 0.6 is 0 Å². The third kappa shape index (κ3) is 2.88. The summed E-state index contributed by atoms with van der Waals surface area (Å²) in [4.78, 5) is 9.92. The Labute approximate surface area is 64.4 Å². The lowest BCUT2D eigenvalue weighted by Crippen LogP contribution is -1.98. The molecule has 0 saturated heterocycles. The molecule has 1 aromatic heterocycles. The van der Waals surface area contributed by atoms with E-state index in [1.54, 1.807) is 11.0 Å². The molecule has 0 aliphatic rings. The van der Waals surface area contributed by atoms with E-state index in [0.29, 0.717) is 6.42 Å². The molecule has 11 heavy (non-hydrogen) atoms. The van der Waals surface area contributed by atoms with E-state index in [1.807, 2.05) is 0 Å². The van der Waals surface area contributed by atoms with Crippen LogP contribution < -0.4 is 0 Å². The number of carbonyl (C=O) groups is 1. The van der Waals surface area contributed by atoms with Crippen LogP contribution in [0.5, 0.6) is 0 Å². The van der Waals surface area contributed by atoms with Gasteiger partial charge in [-0.25, -0.2) is 4.68 Å². The Bertz CT molecular complexity index is 196. The second-order valence-electron chi connectivity index (χ2n) is 2.24. The molecule has 0 spiro atoms. The number of rotatable bonds is 5. The number of aromatic nitrogens is 4. The van der Waals surface area contributed by atoms with Crippen molar-refractivity contribution in [3.8, 4) is 0 Å². The van der Waals surface area contributed by atoms with Crippen LogP contribution in [-0.2, 0) is 11.3 Å². The molecule has 1 heterocycles. The maximum Gasteiger partial charge on any atom is 0.138 e. The zero-order valence-corrected chi connectivity index (χ0v) is 6.18. The summed E-state index contributed by atoms with van der Waals surface area (Å²) in [5.74, 6) is 0.